The summed E-state index contributed by atoms with van der Waals surface area (Å²) in [5.41, 5.74) is 2.46. The van der Waals surface area contributed by atoms with E-state index in [4.69, 9.17) is 4.74 Å². The number of nitrogens with zero attached hydrogens (tertiary/aromatic N) is 1. The van der Waals surface area contributed by atoms with E-state index in [-0.39, 0.29) is 24.1 Å². The van der Waals surface area contributed by atoms with Gasteiger partial charge < -0.3 is 4.74 Å². The van der Waals surface area contributed by atoms with Crippen molar-refractivity contribution in [2.24, 2.45) is 11.8 Å². The summed E-state index contributed by atoms with van der Waals surface area (Å²) in [5.74, 6) is -1.67. The van der Waals surface area contributed by atoms with Crippen LogP contribution in [-0.4, -0.2) is 44.1 Å². The third kappa shape index (κ3) is 5.07. The Hall–Kier alpha value is -3.07. The lowest BCUT2D eigenvalue weighted by atomic mass is 9.90. The third-order valence-corrected chi connectivity index (χ3v) is 8.43. The van der Waals surface area contributed by atoms with Gasteiger partial charge in [-0.05, 0) is 36.1 Å². The lowest BCUT2D eigenvalue weighted by molar-refractivity contribution is -0.123. The predicted octanol–water partition coefficient (Wildman–Crippen LogP) is 4.52. The molecule has 1 aliphatic heterocycles. The molecule has 6 nitrogen and oxygen atoms in total. The van der Waals surface area contributed by atoms with Crippen molar-refractivity contribution in [1.29, 1.82) is 0 Å². The molecule has 0 aromatic heterocycles. The first-order valence-corrected chi connectivity index (χ1v) is 13.6. The fraction of sp³-hybridized carbons (Fsp3) is 0.321. The van der Waals surface area contributed by atoms with Crippen molar-refractivity contribution in [1.82, 2.24) is 9.62 Å². The number of ether oxygens (including phenoxy) is 1. The van der Waals surface area contributed by atoms with E-state index in [0.717, 1.165) is 11.1 Å². The van der Waals surface area contributed by atoms with Crippen molar-refractivity contribution in [3.63, 3.8) is 0 Å². The fourth-order valence-electron chi connectivity index (χ4n) is 4.73. The largest absolute Gasteiger partial charge is 0.333 e. The van der Waals surface area contributed by atoms with E-state index in [2.05, 4.69) is 29.2 Å². The number of hydrogen-bond acceptors (Lipinski definition) is 5. The zero-order chi connectivity index (χ0) is 25.2. The Morgan fingerprint density at radius 1 is 0.917 bits per heavy atom. The van der Waals surface area contributed by atoms with Gasteiger partial charge in [-0.25, -0.2) is 13.1 Å². The molecule has 1 aliphatic carbocycles. The summed E-state index contributed by atoms with van der Waals surface area (Å²) in [4.78, 5) is 14.7. The second kappa shape index (κ2) is 10.1. The summed E-state index contributed by atoms with van der Waals surface area (Å²) in [6.45, 7) is 1.25. The number of benzene rings is 3. The number of nitrogens with one attached hydrogen (secondary N) is 1. The highest BCUT2D eigenvalue weighted by atomic mass is 32.2. The Labute approximate surface area is 211 Å². The molecule has 0 bridgehead atoms. The van der Waals surface area contributed by atoms with Gasteiger partial charge in [0.1, 0.15) is 0 Å². The standard InChI is InChI=1S/C28H29FN2O4S/c29-28(25-16-17-25,36(33,34)30-27(32)24-14-8-3-9-15-24)35-20-21-18-31(19-21)26(22-10-4-1-5-11-22)23-12-6-2-7-13-23/h1-15,21,25-26H,16-20H2,(H,30,32). The smallest absolute Gasteiger partial charge is 0.332 e. The van der Waals surface area contributed by atoms with Crippen LogP contribution < -0.4 is 4.72 Å². The molecule has 188 valence electrons. The van der Waals surface area contributed by atoms with Crippen molar-refractivity contribution in [2.45, 2.75) is 24.1 Å². The maximum Gasteiger partial charge on any atom is 0.333 e. The Bertz CT molecular complexity index is 1240. The Kier molecular flexibility index (Phi) is 6.92. The molecule has 1 amide bonds. The van der Waals surface area contributed by atoms with Crippen LogP contribution in [0.4, 0.5) is 4.39 Å². The summed E-state index contributed by atoms with van der Waals surface area (Å²) < 4.78 is 49.2. The van der Waals surface area contributed by atoms with Gasteiger partial charge in [-0.15, -0.1) is 0 Å². The van der Waals surface area contributed by atoms with Crippen molar-refractivity contribution < 1.29 is 22.3 Å². The zero-order valence-corrected chi connectivity index (χ0v) is 20.6. The van der Waals surface area contributed by atoms with Gasteiger partial charge in [-0.2, -0.15) is 4.39 Å². The molecule has 1 heterocycles. The number of carbonyl (C=O) groups is 1. The second-order valence-electron chi connectivity index (χ2n) is 9.51. The summed E-state index contributed by atoms with van der Waals surface area (Å²) in [5, 5.41) is -2.93. The highest BCUT2D eigenvalue weighted by Crippen LogP contribution is 2.46. The minimum atomic E-state index is -4.70. The first-order valence-electron chi connectivity index (χ1n) is 12.2. The molecule has 1 unspecified atom stereocenters. The van der Waals surface area contributed by atoms with Crippen molar-refractivity contribution in [3.05, 3.63) is 108 Å². The number of amides is 1. The molecule has 1 saturated heterocycles. The Balaban J connectivity index is 1.24. The quantitative estimate of drug-likeness (QED) is 0.436. The number of carbonyl (C=O) groups excluding carboxylic acids is 1. The van der Waals surface area contributed by atoms with Crippen LogP contribution in [0.2, 0.25) is 0 Å². The van der Waals surface area contributed by atoms with Crippen LogP contribution in [0.3, 0.4) is 0 Å². The molecule has 3 aromatic rings. The second-order valence-corrected chi connectivity index (χ2v) is 11.3. The summed E-state index contributed by atoms with van der Waals surface area (Å²) in [7, 11) is -4.70. The SMILES string of the molecule is O=C(NS(=O)(=O)C(F)(OCC1CN(C(c2ccccc2)c2ccccc2)C1)C1CC1)c1ccccc1. The molecular weight excluding hydrogens is 479 g/mol. The van der Waals surface area contributed by atoms with Crippen molar-refractivity contribution >= 4 is 15.9 Å². The Morgan fingerprint density at radius 3 is 1.92 bits per heavy atom. The van der Waals surface area contributed by atoms with E-state index < -0.39 is 27.0 Å². The van der Waals surface area contributed by atoms with Gasteiger partial charge in [-0.1, -0.05) is 78.9 Å². The topological polar surface area (TPSA) is 75.7 Å². The molecule has 2 fully saturated rings. The average molecular weight is 509 g/mol. The molecule has 8 heteroatoms. The monoisotopic (exact) mass is 508 g/mol. The maximum absolute atomic E-state index is 15.9. The first kappa shape index (κ1) is 24.6. The highest BCUT2D eigenvalue weighted by Gasteiger charge is 2.58. The summed E-state index contributed by atoms with van der Waals surface area (Å²) in [6, 6.07) is 28.3. The zero-order valence-electron chi connectivity index (χ0n) is 19.8. The van der Waals surface area contributed by atoms with Gasteiger partial charge in [0.05, 0.1) is 12.6 Å². The minimum absolute atomic E-state index is 0.0196. The van der Waals surface area contributed by atoms with Crippen molar-refractivity contribution in [3.8, 4) is 0 Å². The molecule has 0 radical (unpaired) electrons. The lowest BCUT2D eigenvalue weighted by Gasteiger charge is -2.45. The van der Waals surface area contributed by atoms with Gasteiger partial charge in [-0.3, -0.25) is 9.69 Å². The average Bonchev–Trinajstić information content (AvgIpc) is 3.72. The van der Waals surface area contributed by atoms with Crippen LogP contribution in [0.1, 0.15) is 40.4 Å². The molecular formula is C28H29FN2O4S. The molecule has 1 saturated carbocycles. The van der Waals surface area contributed by atoms with Crippen LogP contribution in [0, 0.1) is 11.8 Å². The molecule has 5 rings (SSSR count). The number of halogens is 1. The van der Waals surface area contributed by atoms with E-state index in [0.29, 0.717) is 25.9 Å². The minimum Gasteiger partial charge on any atom is -0.332 e. The van der Waals surface area contributed by atoms with Gasteiger partial charge in [0.15, 0.2) is 0 Å². The van der Waals surface area contributed by atoms with Gasteiger partial charge in [0, 0.05) is 30.5 Å². The maximum atomic E-state index is 15.9. The molecule has 1 N–H and O–H groups in total. The van der Waals surface area contributed by atoms with Gasteiger partial charge >= 0.3 is 5.19 Å². The molecule has 3 aromatic carbocycles. The highest BCUT2D eigenvalue weighted by molar-refractivity contribution is 7.91. The van der Waals surface area contributed by atoms with E-state index in [9.17, 15) is 13.2 Å². The summed E-state index contributed by atoms with van der Waals surface area (Å²) >= 11 is 0. The van der Waals surface area contributed by atoms with E-state index in [1.807, 2.05) is 41.1 Å². The summed E-state index contributed by atoms with van der Waals surface area (Å²) in [6.07, 6.45) is 0.801. The molecule has 0 spiro atoms. The van der Waals surface area contributed by atoms with Crippen LogP contribution in [0.5, 0.6) is 0 Å². The van der Waals surface area contributed by atoms with Crippen LogP contribution in [-0.2, 0) is 14.8 Å². The normalized spacial score (nSPS) is 18.4. The number of likely N-dealkylation sites (tertiary alicyclic amines) is 1. The van der Waals surface area contributed by atoms with E-state index >= 15 is 4.39 Å². The van der Waals surface area contributed by atoms with E-state index in [1.54, 1.807) is 18.2 Å². The van der Waals surface area contributed by atoms with Gasteiger partial charge in [0.25, 0.3) is 15.9 Å². The fourth-order valence-corrected chi connectivity index (χ4v) is 6.12. The molecule has 1 atom stereocenters. The number of sulfonamides is 1. The first-order chi connectivity index (χ1) is 17.4. The molecule has 2 aliphatic rings. The number of alkyl halides is 1. The third-order valence-electron chi connectivity index (χ3n) is 6.79. The van der Waals surface area contributed by atoms with Crippen molar-refractivity contribution in [2.75, 3.05) is 19.7 Å². The molecule has 36 heavy (non-hydrogen) atoms. The lowest BCUT2D eigenvalue weighted by Crippen LogP contribution is -2.54. The van der Waals surface area contributed by atoms with Crippen LogP contribution >= 0.6 is 0 Å². The Morgan fingerprint density at radius 2 is 1.42 bits per heavy atom. The number of hydrogen-bond donors (Lipinski definition) is 1. The van der Waals surface area contributed by atoms with Crippen LogP contribution in [0.15, 0.2) is 91.0 Å². The number of rotatable bonds is 10. The van der Waals surface area contributed by atoms with Gasteiger partial charge in [0.2, 0.25) is 0 Å². The van der Waals surface area contributed by atoms with E-state index in [1.165, 1.54) is 12.1 Å². The van der Waals surface area contributed by atoms with Crippen LogP contribution in [0.25, 0.3) is 0 Å². The predicted molar refractivity (Wildman–Crippen MR) is 135 cm³/mol.